The molecular formula is C15H21N3O2. The fraction of sp³-hybridized carbons (Fsp3) is 0.533. The van der Waals surface area contributed by atoms with Crippen LogP contribution in [0.4, 0.5) is 0 Å². The molecule has 1 aliphatic rings. The van der Waals surface area contributed by atoms with Crippen LogP contribution in [0.3, 0.4) is 0 Å². The summed E-state index contributed by atoms with van der Waals surface area (Å²) in [7, 11) is 0. The molecule has 2 unspecified atom stereocenters. The van der Waals surface area contributed by atoms with Crippen LogP contribution in [0.2, 0.25) is 0 Å². The number of piperidine rings is 1. The van der Waals surface area contributed by atoms with Crippen molar-refractivity contribution in [2.24, 2.45) is 5.73 Å². The SMILES string of the molecule is CC1CC(N)CCN1CCn1c(=O)oc2ccccc21. The Hall–Kier alpha value is -1.59. The second-order valence-electron chi connectivity index (χ2n) is 5.66. The third-order valence-electron chi connectivity index (χ3n) is 4.24. The number of fused-ring (bicyclic) bond motifs is 1. The summed E-state index contributed by atoms with van der Waals surface area (Å²) in [6, 6.07) is 8.36. The van der Waals surface area contributed by atoms with Crippen LogP contribution < -0.4 is 11.5 Å². The van der Waals surface area contributed by atoms with Crippen molar-refractivity contribution in [3.63, 3.8) is 0 Å². The van der Waals surface area contributed by atoms with Gasteiger partial charge in [0, 0.05) is 25.2 Å². The second-order valence-corrected chi connectivity index (χ2v) is 5.66. The maximum atomic E-state index is 11.9. The number of benzene rings is 1. The maximum absolute atomic E-state index is 11.9. The Morgan fingerprint density at radius 1 is 1.35 bits per heavy atom. The molecule has 0 spiro atoms. The summed E-state index contributed by atoms with van der Waals surface area (Å²) in [5.41, 5.74) is 7.51. The number of aromatic nitrogens is 1. The van der Waals surface area contributed by atoms with E-state index in [0.717, 1.165) is 31.4 Å². The molecule has 2 N–H and O–H groups in total. The van der Waals surface area contributed by atoms with Gasteiger partial charge in [-0.3, -0.25) is 9.47 Å². The van der Waals surface area contributed by atoms with E-state index in [1.54, 1.807) is 4.57 Å². The highest BCUT2D eigenvalue weighted by atomic mass is 16.4. The van der Waals surface area contributed by atoms with E-state index in [0.29, 0.717) is 24.2 Å². The molecule has 1 saturated heterocycles. The fourth-order valence-electron chi connectivity index (χ4n) is 3.04. The van der Waals surface area contributed by atoms with E-state index in [1.165, 1.54) is 0 Å². The van der Waals surface area contributed by atoms with Crippen LogP contribution in [0.15, 0.2) is 33.5 Å². The zero-order chi connectivity index (χ0) is 14.1. The number of nitrogens with zero attached hydrogens (tertiary/aromatic N) is 2. The molecule has 0 bridgehead atoms. The van der Waals surface area contributed by atoms with Gasteiger partial charge in [-0.25, -0.2) is 4.79 Å². The third kappa shape index (κ3) is 2.51. The molecule has 5 heteroatoms. The summed E-state index contributed by atoms with van der Waals surface area (Å²) in [5, 5.41) is 0. The Morgan fingerprint density at radius 2 is 2.15 bits per heavy atom. The molecule has 2 heterocycles. The molecule has 108 valence electrons. The van der Waals surface area contributed by atoms with Crippen LogP contribution in [0.25, 0.3) is 11.1 Å². The standard InChI is InChI=1S/C15H21N3O2/c1-11-10-12(16)6-7-17(11)8-9-18-13-4-2-3-5-14(13)20-15(18)19/h2-5,11-12H,6-10,16H2,1H3. The van der Waals surface area contributed by atoms with Crippen molar-refractivity contribution >= 4 is 11.1 Å². The van der Waals surface area contributed by atoms with Crippen LogP contribution in [0.5, 0.6) is 0 Å². The van der Waals surface area contributed by atoms with Gasteiger partial charge in [0.1, 0.15) is 0 Å². The van der Waals surface area contributed by atoms with Gasteiger partial charge in [0.25, 0.3) is 0 Å². The van der Waals surface area contributed by atoms with Gasteiger partial charge in [-0.15, -0.1) is 0 Å². The average molecular weight is 275 g/mol. The molecule has 1 fully saturated rings. The van der Waals surface area contributed by atoms with Gasteiger partial charge >= 0.3 is 5.76 Å². The second kappa shape index (κ2) is 5.42. The Balaban J connectivity index is 1.74. The Labute approximate surface area is 118 Å². The fourth-order valence-corrected chi connectivity index (χ4v) is 3.04. The molecule has 1 aromatic heterocycles. The van der Waals surface area contributed by atoms with Gasteiger partial charge in [-0.1, -0.05) is 12.1 Å². The predicted octanol–water partition coefficient (Wildman–Crippen LogP) is 1.41. The first-order valence-electron chi connectivity index (χ1n) is 7.23. The van der Waals surface area contributed by atoms with Gasteiger partial charge in [-0.05, 0) is 38.4 Å². The first-order chi connectivity index (χ1) is 9.65. The van der Waals surface area contributed by atoms with E-state index < -0.39 is 0 Å². The minimum absolute atomic E-state index is 0.271. The monoisotopic (exact) mass is 275 g/mol. The highest BCUT2D eigenvalue weighted by molar-refractivity contribution is 5.72. The number of rotatable bonds is 3. The maximum Gasteiger partial charge on any atom is 0.419 e. The molecule has 5 nitrogen and oxygen atoms in total. The molecule has 0 saturated carbocycles. The third-order valence-corrected chi connectivity index (χ3v) is 4.24. The number of hydrogen-bond donors (Lipinski definition) is 1. The van der Waals surface area contributed by atoms with Crippen molar-refractivity contribution in [3.05, 3.63) is 34.8 Å². The summed E-state index contributed by atoms with van der Waals surface area (Å²) in [5.74, 6) is -0.271. The van der Waals surface area contributed by atoms with Crippen LogP contribution >= 0.6 is 0 Å². The van der Waals surface area contributed by atoms with E-state index in [2.05, 4.69) is 11.8 Å². The van der Waals surface area contributed by atoms with E-state index in [-0.39, 0.29) is 5.76 Å². The van der Waals surface area contributed by atoms with Crippen molar-refractivity contribution in [1.29, 1.82) is 0 Å². The van der Waals surface area contributed by atoms with Crippen molar-refractivity contribution in [3.8, 4) is 0 Å². The van der Waals surface area contributed by atoms with Crippen LogP contribution in [0, 0.1) is 0 Å². The average Bonchev–Trinajstić information content (AvgIpc) is 2.74. The van der Waals surface area contributed by atoms with E-state index in [4.69, 9.17) is 10.2 Å². The number of oxazole rings is 1. The minimum atomic E-state index is -0.271. The lowest BCUT2D eigenvalue weighted by atomic mass is 9.99. The smallest absolute Gasteiger partial charge is 0.408 e. The molecule has 1 aliphatic heterocycles. The molecule has 2 aromatic rings. The van der Waals surface area contributed by atoms with Crippen LogP contribution in [-0.4, -0.2) is 34.6 Å². The lowest BCUT2D eigenvalue weighted by Gasteiger charge is -2.36. The topological polar surface area (TPSA) is 64.4 Å². The van der Waals surface area contributed by atoms with Gasteiger partial charge in [-0.2, -0.15) is 0 Å². The molecule has 2 atom stereocenters. The van der Waals surface area contributed by atoms with Crippen molar-refractivity contribution < 1.29 is 4.42 Å². The summed E-state index contributed by atoms with van der Waals surface area (Å²) in [6.07, 6.45) is 2.06. The number of nitrogens with two attached hydrogens (primary N) is 1. The Kier molecular flexibility index (Phi) is 3.63. The predicted molar refractivity (Wildman–Crippen MR) is 78.7 cm³/mol. The van der Waals surface area contributed by atoms with Gasteiger partial charge in [0.15, 0.2) is 5.58 Å². The molecule has 20 heavy (non-hydrogen) atoms. The molecule has 3 rings (SSSR count). The largest absolute Gasteiger partial charge is 0.419 e. The summed E-state index contributed by atoms with van der Waals surface area (Å²) < 4.78 is 6.97. The van der Waals surface area contributed by atoms with Crippen molar-refractivity contribution in [2.45, 2.75) is 38.4 Å². The zero-order valence-electron chi connectivity index (χ0n) is 11.8. The minimum Gasteiger partial charge on any atom is -0.408 e. The molecule has 0 amide bonds. The number of para-hydroxylation sites is 2. The Bertz CT molecular complexity index is 646. The molecule has 0 aliphatic carbocycles. The van der Waals surface area contributed by atoms with Crippen molar-refractivity contribution in [1.82, 2.24) is 9.47 Å². The van der Waals surface area contributed by atoms with Crippen LogP contribution in [0.1, 0.15) is 19.8 Å². The van der Waals surface area contributed by atoms with Gasteiger partial charge < -0.3 is 10.2 Å². The number of likely N-dealkylation sites (tertiary alicyclic amines) is 1. The summed E-state index contributed by atoms with van der Waals surface area (Å²) >= 11 is 0. The van der Waals surface area contributed by atoms with E-state index in [9.17, 15) is 4.79 Å². The number of hydrogen-bond acceptors (Lipinski definition) is 4. The van der Waals surface area contributed by atoms with E-state index in [1.807, 2.05) is 24.3 Å². The lowest BCUT2D eigenvalue weighted by molar-refractivity contribution is 0.142. The molecular weight excluding hydrogens is 254 g/mol. The highest BCUT2D eigenvalue weighted by Gasteiger charge is 2.23. The first-order valence-corrected chi connectivity index (χ1v) is 7.23. The molecule has 1 aromatic carbocycles. The summed E-state index contributed by atoms with van der Waals surface area (Å²) in [4.78, 5) is 14.3. The first kappa shape index (κ1) is 13.4. The Morgan fingerprint density at radius 3 is 2.95 bits per heavy atom. The van der Waals surface area contributed by atoms with E-state index >= 15 is 0 Å². The molecule has 0 radical (unpaired) electrons. The normalized spacial score (nSPS) is 24.3. The lowest BCUT2D eigenvalue weighted by Crippen LogP contribution is -2.46. The summed E-state index contributed by atoms with van der Waals surface area (Å²) in [6.45, 7) is 4.73. The van der Waals surface area contributed by atoms with Crippen molar-refractivity contribution in [2.75, 3.05) is 13.1 Å². The van der Waals surface area contributed by atoms with Gasteiger partial charge in [0.2, 0.25) is 0 Å². The zero-order valence-corrected chi connectivity index (χ0v) is 11.8. The van der Waals surface area contributed by atoms with Crippen LogP contribution in [-0.2, 0) is 6.54 Å². The quantitative estimate of drug-likeness (QED) is 0.919. The van der Waals surface area contributed by atoms with Gasteiger partial charge in [0.05, 0.1) is 5.52 Å². The highest BCUT2D eigenvalue weighted by Crippen LogP contribution is 2.16.